The van der Waals surface area contributed by atoms with Crippen LogP contribution in [-0.2, 0) is 12.8 Å². The highest BCUT2D eigenvalue weighted by atomic mass is 32.1. The minimum atomic E-state index is 0.556. The van der Waals surface area contributed by atoms with Gasteiger partial charge in [0, 0.05) is 30.9 Å². The summed E-state index contributed by atoms with van der Waals surface area (Å²) in [5, 5.41) is 8.90. The molecule has 2 aromatic rings. The van der Waals surface area contributed by atoms with Gasteiger partial charge in [0.25, 0.3) is 0 Å². The molecule has 0 radical (unpaired) electrons. The number of guanidine groups is 1. The lowest BCUT2D eigenvalue weighted by molar-refractivity contribution is 0.506. The molecule has 0 aliphatic carbocycles. The summed E-state index contributed by atoms with van der Waals surface area (Å²) in [5.74, 6) is 2.44. The summed E-state index contributed by atoms with van der Waals surface area (Å²) in [5.41, 5.74) is 0. The topological polar surface area (TPSA) is 49.6 Å². The van der Waals surface area contributed by atoms with Crippen molar-refractivity contribution >= 4 is 17.3 Å². The van der Waals surface area contributed by atoms with Gasteiger partial charge in [-0.25, -0.2) is 0 Å². The van der Waals surface area contributed by atoms with E-state index >= 15 is 0 Å². The number of hydrogen-bond donors (Lipinski definition) is 2. The van der Waals surface area contributed by atoms with Gasteiger partial charge in [-0.15, -0.1) is 11.3 Å². The lowest BCUT2D eigenvalue weighted by atomic mass is 10.2. The van der Waals surface area contributed by atoms with E-state index in [2.05, 4.69) is 47.0 Å². The van der Waals surface area contributed by atoms with Crippen molar-refractivity contribution in [3.05, 3.63) is 46.5 Å². The monoisotopic (exact) mass is 319 g/mol. The first kappa shape index (κ1) is 16.6. The largest absolute Gasteiger partial charge is 0.469 e. The van der Waals surface area contributed by atoms with Crippen molar-refractivity contribution in [2.45, 2.75) is 26.7 Å². The lowest BCUT2D eigenvalue weighted by Crippen LogP contribution is -2.39. The molecule has 4 nitrogen and oxygen atoms in total. The van der Waals surface area contributed by atoms with Crippen molar-refractivity contribution < 1.29 is 4.42 Å². The van der Waals surface area contributed by atoms with Gasteiger partial charge >= 0.3 is 0 Å². The number of nitrogens with one attached hydrogen (secondary N) is 2. The highest BCUT2D eigenvalue weighted by Crippen LogP contribution is 2.08. The molecule has 0 aliphatic heterocycles. The molecule has 5 heteroatoms. The average molecular weight is 319 g/mol. The maximum atomic E-state index is 5.34. The number of thiophene rings is 1. The van der Waals surface area contributed by atoms with Crippen LogP contribution in [-0.4, -0.2) is 25.6 Å². The van der Waals surface area contributed by atoms with Crippen molar-refractivity contribution in [3.63, 3.8) is 0 Å². The first-order valence-electron chi connectivity index (χ1n) is 7.81. The van der Waals surface area contributed by atoms with Gasteiger partial charge in [-0.2, -0.15) is 0 Å². The minimum absolute atomic E-state index is 0.556. The van der Waals surface area contributed by atoms with Gasteiger partial charge in [-0.1, -0.05) is 19.9 Å². The van der Waals surface area contributed by atoms with Crippen molar-refractivity contribution in [1.29, 1.82) is 0 Å². The van der Waals surface area contributed by atoms with Crippen LogP contribution in [0.2, 0.25) is 0 Å². The second kappa shape index (κ2) is 9.30. The molecule has 0 aliphatic rings. The molecule has 2 rings (SSSR count). The summed E-state index contributed by atoms with van der Waals surface area (Å²) in [6, 6.07) is 8.18. The molecule has 0 amide bonds. The summed E-state index contributed by atoms with van der Waals surface area (Å²) >= 11 is 1.80. The SMILES string of the molecule is CC(C)CN=C(NCCc1ccco1)NCCc1cccs1. The highest BCUT2D eigenvalue weighted by molar-refractivity contribution is 7.09. The molecule has 0 saturated heterocycles. The quantitative estimate of drug-likeness (QED) is 0.580. The predicted octanol–water partition coefficient (Wildman–Crippen LogP) is 3.32. The van der Waals surface area contributed by atoms with E-state index in [0.29, 0.717) is 5.92 Å². The Kier molecular flexibility index (Phi) is 7.03. The highest BCUT2D eigenvalue weighted by Gasteiger charge is 2.02. The zero-order valence-electron chi connectivity index (χ0n) is 13.3. The van der Waals surface area contributed by atoms with E-state index in [4.69, 9.17) is 4.42 Å². The van der Waals surface area contributed by atoms with Crippen LogP contribution < -0.4 is 10.6 Å². The third kappa shape index (κ3) is 6.35. The van der Waals surface area contributed by atoms with Crippen LogP contribution in [0.1, 0.15) is 24.5 Å². The van der Waals surface area contributed by atoms with Crippen molar-refractivity contribution in [3.8, 4) is 0 Å². The Bertz CT molecular complexity index is 490. The van der Waals surface area contributed by atoms with Gasteiger partial charge < -0.3 is 15.1 Å². The first-order valence-corrected chi connectivity index (χ1v) is 8.69. The Morgan fingerprint density at radius 1 is 1.18 bits per heavy atom. The van der Waals surface area contributed by atoms with Gasteiger partial charge in [0.1, 0.15) is 5.76 Å². The second-order valence-electron chi connectivity index (χ2n) is 5.60. The zero-order valence-corrected chi connectivity index (χ0v) is 14.2. The normalized spacial score (nSPS) is 11.9. The molecule has 2 N–H and O–H groups in total. The Balaban J connectivity index is 1.75. The molecule has 0 aromatic carbocycles. The van der Waals surface area contributed by atoms with E-state index in [1.54, 1.807) is 17.6 Å². The molecule has 0 saturated carbocycles. The number of rotatable bonds is 8. The van der Waals surface area contributed by atoms with Crippen LogP contribution in [0, 0.1) is 5.92 Å². The van der Waals surface area contributed by atoms with E-state index in [1.165, 1.54) is 4.88 Å². The van der Waals surface area contributed by atoms with Gasteiger partial charge in [0.15, 0.2) is 5.96 Å². The number of furan rings is 1. The minimum Gasteiger partial charge on any atom is -0.469 e. The fraction of sp³-hybridized carbons (Fsp3) is 0.471. The van der Waals surface area contributed by atoms with Crippen LogP contribution in [0.15, 0.2) is 45.3 Å². The molecular weight excluding hydrogens is 294 g/mol. The zero-order chi connectivity index (χ0) is 15.6. The summed E-state index contributed by atoms with van der Waals surface area (Å²) in [7, 11) is 0. The fourth-order valence-electron chi connectivity index (χ4n) is 1.97. The lowest BCUT2D eigenvalue weighted by Gasteiger charge is -2.12. The summed E-state index contributed by atoms with van der Waals surface area (Å²) in [4.78, 5) is 6.02. The molecular formula is C17H25N3OS. The van der Waals surface area contributed by atoms with Crippen LogP contribution >= 0.6 is 11.3 Å². The van der Waals surface area contributed by atoms with Crippen LogP contribution in [0.3, 0.4) is 0 Å². The standard InChI is InChI=1S/C17H25N3OS/c1-14(2)13-20-17(18-9-7-15-5-3-11-21-15)19-10-8-16-6-4-12-22-16/h3-6,11-12,14H,7-10,13H2,1-2H3,(H2,18,19,20). The Labute approximate surface area is 136 Å². The molecule has 0 bridgehead atoms. The number of aliphatic imine (C=N–C) groups is 1. The Hall–Kier alpha value is -1.75. The van der Waals surface area contributed by atoms with Crippen LogP contribution in [0.5, 0.6) is 0 Å². The number of nitrogens with zero attached hydrogens (tertiary/aromatic N) is 1. The molecule has 0 spiro atoms. The average Bonchev–Trinajstić information content (AvgIpc) is 3.17. The number of hydrogen-bond acceptors (Lipinski definition) is 3. The van der Waals surface area contributed by atoms with Gasteiger partial charge in [0.05, 0.1) is 6.26 Å². The van der Waals surface area contributed by atoms with E-state index in [-0.39, 0.29) is 0 Å². The van der Waals surface area contributed by atoms with Gasteiger partial charge in [-0.3, -0.25) is 4.99 Å². The maximum absolute atomic E-state index is 5.34. The summed E-state index contributed by atoms with van der Waals surface area (Å²) < 4.78 is 5.34. The molecule has 0 atom stereocenters. The molecule has 0 fully saturated rings. The molecule has 2 heterocycles. The van der Waals surface area contributed by atoms with E-state index in [0.717, 1.165) is 44.2 Å². The van der Waals surface area contributed by atoms with Gasteiger partial charge in [0.2, 0.25) is 0 Å². The second-order valence-corrected chi connectivity index (χ2v) is 6.63. The molecule has 0 unspecified atom stereocenters. The van der Waals surface area contributed by atoms with Crippen LogP contribution in [0.25, 0.3) is 0 Å². The van der Waals surface area contributed by atoms with Crippen molar-refractivity contribution in [1.82, 2.24) is 10.6 Å². The van der Waals surface area contributed by atoms with E-state index < -0.39 is 0 Å². The first-order chi connectivity index (χ1) is 10.7. The predicted molar refractivity (Wildman–Crippen MR) is 93.6 cm³/mol. The Morgan fingerprint density at radius 2 is 2.00 bits per heavy atom. The molecule has 22 heavy (non-hydrogen) atoms. The Morgan fingerprint density at radius 3 is 2.64 bits per heavy atom. The molecule has 2 aromatic heterocycles. The van der Waals surface area contributed by atoms with Crippen molar-refractivity contribution in [2.75, 3.05) is 19.6 Å². The third-order valence-electron chi connectivity index (χ3n) is 3.10. The fourth-order valence-corrected chi connectivity index (χ4v) is 2.68. The van der Waals surface area contributed by atoms with E-state index in [9.17, 15) is 0 Å². The smallest absolute Gasteiger partial charge is 0.191 e. The summed E-state index contributed by atoms with van der Waals surface area (Å²) in [6.45, 7) is 6.89. The summed E-state index contributed by atoms with van der Waals surface area (Å²) in [6.07, 6.45) is 3.60. The van der Waals surface area contributed by atoms with Crippen LogP contribution in [0.4, 0.5) is 0 Å². The van der Waals surface area contributed by atoms with E-state index in [1.807, 2.05) is 12.1 Å². The third-order valence-corrected chi connectivity index (χ3v) is 4.04. The molecule has 120 valence electrons. The maximum Gasteiger partial charge on any atom is 0.191 e. The van der Waals surface area contributed by atoms with Gasteiger partial charge in [-0.05, 0) is 35.9 Å². The van der Waals surface area contributed by atoms with Crippen molar-refractivity contribution in [2.24, 2.45) is 10.9 Å².